The van der Waals surface area contributed by atoms with Crippen LogP contribution in [-0.4, -0.2) is 35.0 Å². The lowest BCUT2D eigenvalue weighted by molar-refractivity contribution is -0.242. The summed E-state index contributed by atoms with van der Waals surface area (Å²) in [5.41, 5.74) is -3.06. The topological polar surface area (TPSA) is 78.4 Å². The van der Waals surface area contributed by atoms with Crippen molar-refractivity contribution < 1.29 is 27.9 Å². The third-order valence-corrected chi connectivity index (χ3v) is 4.84. The number of alkyl halides is 3. The summed E-state index contributed by atoms with van der Waals surface area (Å²) in [5, 5.41) is 13.8. The van der Waals surface area contributed by atoms with Crippen molar-refractivity contribution in [3.05, 3.63) is 53.1 Å². The van der Waals surface area contributed by atoms with Gasteiger partial charge in [-0.25, -0.2) is 0 Å². The van der Waals surface area contributed by atoms with Gasteiger partial charge in [-0.15, -0.1) is 11.8 Å². The molecule has 5 nitrogen and oxygen atoms in total. The molecule has 0 heterocycles. The number of anilines is 2. The zero-order chi connectivity index (χ0) is 21.1. The molecule has 2 aromatic carbocycles. The Morgan fingerprint density at radius 2 is 1.79 bits per heavy atom. The predicted molar refractivity (Wildman–Crippen MR) is 103 cm³/mol. The average Bonchev–Trinajstić information content (AvgIpc) is 2.62. The van der Waals surface area contributed by atoms with Gasteiger partial charge in [-0.1, -0.05) is 17.7 Å². The minimum Gasteiger partial charge on any atom is -0.373 e. The minimum absolute atomic E-state index is 0.139. The van der Waals surface area contributed by atoms with Gasteiger partial charge in [-0.05, 0) is 49.6 Å². The molecule has 2 amide bonds. The highest BCUT2D eigenvalue weighted by Gasteiger charge is 2.55. The summed E-state index contributed by atoms with van der Waals surface area (Å²) in [6, 6.07) is 10.8. The Morgan fingerprint density at radius 3 is 2.36 bits per heavy atom. The van der Waals surface area contributed by atoms with Crippen molar-refractivity contribution in [2.24, 2.45) is 0 Å². The van der Waals surface area contributed by atoms with Crippen LogP contribution in [-0.2, 0) is 4.79 Å². The maximum Gasteiger partial charge on any atom is 0.426 e. The summed E-state index contributed by atoms with van der Waals surface area (Å²) >= 11 is 7.48. The summed E-state index contributed by atoms with van der Waals surface area (Å²) in [4.78, 5) is 25.0. The van der Waals surface area contributed by atoms with Gasteiger partial charge in [0.25, 0.3) is 11.8 Å². The number of amides is 2. The van der Waals surface area contributed by atoms with Crippen LogP contribution in [0.1, 0.15) is 17.3 Å². The Labute approximate surface area is 168 Å². The van der Waals surface area contributed by atoms with E-state index < -0.39 is 23.6 Å². The van der Waals surface area contributed by atoms with Crippen LogP contribution in [0.3, 0.4) is 0 Å². The van der Waals surface area contributed by atoms with Crippen molar-refractivity contribution in [2.75, 3.05) is 16.9 Å². The number of halogens is 4. The van der Waals surface area contributed by atoms with Gasteiger partial charge >= 0.3 is 6.18 Å². The quantitative estimate of drug-likeness (QED) is 0.605. The third kappa shape index (κ3) is 4.98. The molecular weight excluding hydrogens is 417 g/mol. The first-order valence-corrected chi connectivity index (χ1v) is 9.41. The molecule has 0 radical (unpaired) electrons. The van der Waals surface area contributed by atoms with E-state index in [1.807, 2.05) is 17.6 Å². The molecular formula is C18H16ClF3N2O3S. The van der Waals surface area contributed by atoms with Gasteiger partial charge in [0.05, 0.1) is 10.7 Å². The zero-order valence-corrected chi connectivity index (χ0v) is 16.3. The summed E-state index contributed by atoms with van der Waals surface area (Å²) in [6.45, 7) is 0.334. The SMILES string of the molecule is CSc1cccc(NC(=O)c2ccc(NC(=O)C(C)(O)C(F)(F)F)c(Cl)c2)c1. The van der Waals surface area contributed by atoms with Crippen molar-refractivity contribution in [1.82, 2.24) is 0 Å². The molecule has 0 aliphatic carbocycles. The number of carbonyl (C=O) groups is 2. The first-order valence-electron chi connectivity index (χ1n) is 7.81. The van der Waals surface area contributed by atoms with E-state index in [-0.39, 0.29) is 16.3 Å². The monoisotopic (exact) mass is 432 g/mol. The highest BCUT2D eigenvalue weighted by atomic mass is 35.5. The number of thioether (sulfide) groups is 1. The number of carbonyl (C=O) groups excluding carboxylic acids is 2. The van der Waals surface area contributed by atoms with Crippen LogP contribution in [0.5, 0.6) is 0 Å². The van der Waals surface area contributed by atoms with Crippen molar-refractivity contribution in [2.45, 2.75) is 23.6 Å². The maximum absolute atomic E-state index is 12.7. The highest BCUT2D eigenvalue weighted by Crippen LogP contribution is 2.32. The summed E-state index contributed by atoms with van der Waals surface area (Å²) < 4.78 is 38.2. The second kappa shape index (κ2) is 8.42. The van der Waals surface area contributed by atoms with E-state index in [9.17, 15) is 27.9 Å². The summed E-state index contributed by atoms with van der Waals surface area (Å²) in [6.07, 6.45) is -3.27. The standard InChI is InChI=1S/C18H16ClF3N2O3S/c1-17(27,18(20,21)22)16(26)24-14-7-6-10(8-13(14)19)15(25)23-11-4-3-5-12(9-11)28-2/h3-9,27H,1-2H3,(H,23,25)(H,24,26). The van der Waals surface area contributed by atoms with Gasteiger partial charge in [0.2, 0.25) is 5.60 Å². The van der Waals surface area contributed by atoms with Gasteiger partial charge in [0, 0.05) is 16.1 Å². The van der Waals surface area contributed by atoms with E-state index in [1.165, 1.54) is 30.0 Å². The zero-order valence-electron chi connectivity index (χ0n) is 14.7. The fourth-order valence-electron chi connectivity index (χ4n) is 2.03. The van der Waals surface area contributed by atoms with Crippen LogP contribution in [0, 0.1) is 0 Å². The predicted octanol–water partition coefficient (Wildman–Crippen LogP) is 4.57. The van der Waals surface area contributed by atoms with Crippen LogP contribution >= 0.6 is 23.4 Å². The fourth-order valence-corrected chi connectivity index (χ4v) is 2.72. The molecule has 3 N–H and O–H groups in total. The molecule has 0 spiro atoms. The molecule has 1 unspecified atom stereocenters. The molecule has 1 atom stereocenters. The van der Waals surface area contributed by atoms with Gasteiger partial charge in [-0.2, -0.15) is 13.2 Å². The molecule has 2 rings (SSSR count). The number of aliphatic hydroxyl groups is 1. The van der Waals surface area contributed by atoms with Crippen molar-refractivity contribution in [3.63, 3.8) is 0 Å². The molecule has 0 aliphatic rings. The molecule has 0 saturated carbocycles. The molecule has 150 valence electrons. The van der Waals surface area contributed by atoms with Crippen LogP contribution in [0.25, 0.3) is 0 Å². The molecule has 0 fully saturated rings. The van der Waals surface area contributed by atoms with E-state index in [0.29, 0.717) is 12.6 Å². The molecule has 0 saturated heterocycles. The first kappa shape index (κ1) is 22.1. The lowest BCUT2D eigenvalue weighted by Crippen LogP contribution is -2.52. The summed E-state index contributed by atoms with van der Waals surface area (Å²) in [7, 11) is 0. The minimum atomic E-state index is -5.16. The smallest absolute Gasteiger partial charge is 0.373 e. The van der Waals surface area contributed by atoms with Gasteiger partial charge in [0.15, 0.2) is 0 Å². The summed E-state index contributed by atoms with van der Waals surface area (Å²) in [5.74, 6) is -2.17. The Morgan fingerprint density at radius 1 is 1.11 bits per heavy atom. The highest BCUT2D eigenvalue weighted by molar-refractivity contribution is 7.98. The lowest BCUT2D eigenvalue weighted by Gasteiger charge is -2.25. The van der Waals surface area contributed by atoms with Crippen molar-refractivity contribution in [3.8, 4) is 0 Å². The molecule has 0 bridgehead atoms. The second-order valence-electron chi connectivity index (χ2n) is 5.90. The average molecular weight is 433 g/mol. The van der Waals surface area contributed by atoms with E-state index in [2.05, 4.69) is 5.32 Å². The van der Waals surface area contributed by atoms with E-state index in [1.54, 1.807) is 18.2 Å². The van der Waals surface area contributed by atoms with E-state index >= 15 is 0 Å². The molecule has 28 heavy (non-hydrogen) atoms. The maximum atomic E-state index is 12.7. The van der Waals surface area contributed by atoms with Crippen LogP contribution in [0.15, 0.2) is 47.4 Å². The number of rotatable bonds is 5. The van der Waals surface area contributed by atoms with Crippen LogP contribution in [0.4, 0.5) is 24.5 Å². The van der Waals surface area contributed by atoms with E-state index in [4.69, 9.17) is 11.6 Å². The largest absolute Gasteiger partial charge is 0.426 e. The number of hydrogen-bond donors (Lipinski definition) is 3. The van der Waals surface area contributed by atoms with Crippen molar-refractivity contribution >= 4 is 46.6 Å². The fraction of sp³-hybridized carbons (Fsp3) is 0.222. The molecule has 0 aromatic heterocycles. The van der Waals surface area contributed by atoms with Crippen LogP contribution < -0.4 is 10.6 Å². The number of hydrogen-bond acceptors (Lipinski definition) is 4. The number of nitrogens with one attached hydrogen (secondary N) is 2. The van der Waals surface area contributed by atoms with Gasteiger partial charge in [0.1, 0.15) is 0 Å². The van der Waals surface area contributed by atoms with Gasteiger partial charge < -0.3 is 15.7 Å². The first-order chi connectivity index (χ1) is 13.0. The Balaban J connectivity index is 2.15. The second-order valence-corrected chi connectivity index (χ2v) is 7.19. The van der Waals surface area contributed by atoms with Crippen LogP contribution in [0.2, 0.25) is 5.02 Å². The lowest BCUT2D eigenvalue weighted by atomic mass is 10.1. The third-order valence-electron chi connectivity index (χ3n) is 3.80. The van der Waals surface area contributed by atoms with E-state index in [0.717, 1.165) is 4.90 Å². The Bertz CT molecular complexity index is 904. The molecule has 2 aromatic rings. The molecule has 10 heteroatoms. The van der Waals surface area contributed by atoms with Crippen molar-refractivity contribution in [1.29, 1.82) is 0 Å². The normalized spacial score (nSPS) is 13.5. The number of benzene rings is 2. The molecule has 0 aliphatic heterocycles. The Hall–Kier alpha value is -2.23. The van der Waals surface area contributed by atoms with Gasteiger partial charge in [-0.3, -0.25) is 9.59 Å². The Kier molecular flexibility index (Phi) is 6.63.